The largest absolute Gasteiger partial charge is 0.481 e. The summed E-state index contributed by atoms with van der Waals surface area (Å²) in [6, 6.07) is 11.8. The van der Waals surface area contributed by atoms with Crippen molar-refractivity contribution in [3.8, 4) is 5.88 Å². The standard InChI is InChI=1S/C17H18N2O2/c1-21-16-10-9-13(11-18-16)17(20)19-15-8-4-6-12-5-2-3-7-14(12)15/h2-3,5,7,9-11,15H,4,6,8H2,1H3,(H,19,20)/t15-/m0/s1. The number of aromatic nitrogens is 1. The summed E-state index contributed by atoms with van der Waals surface area (Å²) in [5, 5.41) is 3.11. The molecule has 4 heteroatoms. The van der Waals surface area contributed by atoms with Crippen LogP contribution in [0.3, 0.4) is 0 Å². The zero-order valence-corrected chi connectivity index (χ0v) is 12.0. The molecule has 0 radical (unpaired) electrons. The zero-order chi connectivity index (χ0) is 14.7. The summed E-state index contributed by atoms with van der Waals surface area (Å²) in [6.45, 7) is 0. The van der Waals surface area contributed by atoms with Crippen LogP contribution in [-0.2, 0) is 6.42 Å². The zero-order valence-electron chi connectivity index (χ0n) is 12.0. The first-order valence-corrected chi connectivity index (χ1v) is 7.16. The predicted molar refractivity (Wildman–Crippen MR) is 80.4 cm³/mol. The molecule has 1 aromatic heterocycles. The summed E-state index contributed by atoms with van der Waals surface area (Å²) in [5.41, 5.74) is 3.12. The molecule has 0 bridgehead atoms. The van der Waals surface area contributed by atoms with Gasteiger partial charge in [0.2, 0.25) is 5.88 Å². The van der Waals surface area contributed by atoms with E-state index in [4.69, 9.17) is 4.74 Å². The Morgan fingerprint density at radius 3 is 2.90 bits per heavy atom. The van der Waals surface area contributed by atoms with Gasteiger partial charge in [0, 0.05) is 12.3 Å². The molecule has 0 saturated carbocycles. The number of carbonyl (C=O) groups excluding carboxylic acids is 1. The van der Waals surface area contributed by atoms with Crippen LogP contribution in [0.5, 0.6) is 5.88 Å². The van der Waals surface area contributed by atoms with Gasteiger partial charge in [-0.3, -0.25) is 4.79 Å². The van der Waals surface area contributed by atoms with Crippen LogP contribution in [0.1, 0.15) is 40.4 Å². The molecule has 1 aromatic carbocycles. The second kappa shape index (κ2) is 5.95. The lowest BCUT2D eigenvalue weighted by molar-refractivity contribution is 0.0932. The van der Waals surface area contributed by atoms with Crippen LogP contribution in [0.25, 0.3) is 0 Å². The molecule has 21 heavy (non-hydrogen) atoms. The lowest BCUT2D eigenvalue weighted by Gasteiger charge is -2.26. The van der Waals surface area contributed by atoms with Gasteiger partial charge in [-0.1, -0.05) is 24.3 Å². The van der Waals surface area contributed by atoms with Crippen molar-refractivity contribution in [1.29, 1.82) is 0 Å². The molecular formula is C17H18N2O2. The van der Waals surface area contributed by atoms with Gasteiger partial charge in [-0.25, -0.2) is 4.98 Å². The van der Waals surface area contributed by atoms with E-state index in [1.807, 2.05) is 6.07 Å². The first-order chi connectivity index (χ1) is 10.3. The minimum absolute atomic E-state index is 0.0875. The number of carbonyl (C=O) groups is 1. The average molecular weight is 282 g/mol. The van der Waals surface area contributed by atoms with E-state index in [0.29, 0.717) is 11.4 Å². The van der Waals surface area contributed by atoms with E-state index in [-0.39, 0.29) is 11.9 Å². The minimum atomic E-state index is -0.0909. The highest BCUT2D eigenvalue weighted by Crippen LogP contribution is 2.29. The first-order valence-electron chi connectivity index (χ1n) is 7.16. The number of hydrogen-bond donors (Lipinski definition) is 1. The lowest BCUT2D eigenvalue weighted by atomic mass is 9.87. The third kappa shape index (κ3) is 2.89. The molecule has 1 atom stereocenters. The third-order valence-corrected chi connectivity index (χ3v) is 3.88. The summed E-state index contributed by atoms with van der Waals surface area (Å²) in [4.78, 5) is 16.4. The number of pyridine rings is 1. The van der Waals surface area contributed by atoms with Crippen LogP contribution in [0.2, 0.25) is 0 Å². The lowest BCUT2D eigenvalue weighted by Crippen LogP contribution is -2.31. The van der Waals surface area contributed by atoms with Gasteiger partial charge in [0.25, 0.3) is 5.91 Å². The predicted octanol–water partition coefficient (Wildman–Crippen LogP) is 2.90. The number of methoxy groups -OCH3 is 1. The Morgan fingerprint density at radius 1 is 1.29 bits per heavy atom. The summed E-state index contributed by atoms with van der Waals surface area (Å²) < 4.78 is 5.00. The van der Waals surface area contributed by atoms with Crippen molar-refractivity contribution >= 4 is 5.91 Å². The van der Waals surface area contributed by atoms with Crippen LogP contribution in [0, 0.1) is 0 Å². The van der Waals surface area contributed by atoms with E-state index in [1.165, 1.54) is 11.1 Å². The van der Waals surface area contributed by atoms with Crippen LogP contribution < -0.4 is 10.1 Å². The van der Waals surface area contributed by atoms with Gasteiger partial charge in [0.1, 0.15) is 0 Å². The molecule has 1 amide bonds. The molecule has 1 aliphatic carbocycles. The van der Waals surface area contributed by atoms with Crippen molar-refractivity contribution in [1.82, 2.24) is 10.3 Å². The van der Waals surface area contributed by atoms with Gasteiger partial charge in [-0.05, 0) is 36.5 Å². The molecule has 0 fully saturated rings. The monoisotopic (exact) mass is 282 g/mol. The van der Waals surface area contributed by atoms with Crippen molar-refractivity contribution < 1.29 is 9.53 Å². The van der Waals surface area contributed by atoms with E-state index in [9.17, 15) is 4.79 Å². The summed E-state index contributed by atoms with van der Waals surface area (Å²) in [6.07, 6.45) is 4.71. The summed E-state index contributed by atoms with van der Waals surface area (Å²) >= 11 is 0. The van der Waals surface area contributed by atoms with Crippen molar-refractivity contribution in [3.63, 3.8) is 0 Å². The van der Waals surface area contributed by atoms with Crippen molar-refractivity contribution in [2.45, 2.75) is 25.3 Å². The van der Waals surface area contributed by atoms with E-state index < -0.39 is 0 Å². The van der Waals surface area contributed by atoms with E-state index in [0.717, 1.165) is 19.3 Å². The quantitative estimate of drug-likeness (QED) is 0.941. The second-order valence-corrected chi connectivity index (χ2v) is 5.21. The molecule has 0 aliphatic heterocycles. The minimum Gasteiger partial charge on any atom is -0.481 e. The highest BCUT2D eigenvalue weighted by atomic mass is 16.5. The Bertz CT molecular complexity index is 637. The molecular weight excluding hydrogens is 264 g/mol. The van der Waals surface area contributed by atoms with Crippen LogP contribution in [0.15, 0.2) is 42.6 Å². The van der Waals surface area contributed by atoms with Gasteiger partial charge >= 0.3 is 0 Å². The summed E-state index contributed by atoms with van der Waals surface area (Å²) in [5.74, 6) is 0.418. The number of hydrogen-bond acceptors (Lipinski definition) is 3. The van der Waals surface area contributed by atoms with Crippen molar-refractivity contribution in [2.24, 2.45) is 0 Å². The van der Waals surface area contributed by atoms with Crippen LogP contribution >= 0.6 is 0 Å². The normalized spacial score (nSPS) is 16.9. The number of nitrogens with zero attached hydrogens (tertiary/aromatic N) is 1. The molecule has 1 aliphatic rings. The first kappa shape index (κ1) is 13.6. The van der Waals surface area contributed by atoms with Gasteiger partial charge in [-0.15, -0.1) is 0 Å². The second-order valence-electron chi connectivity index (χ2n) is 5.21. The Hall–Kier alpha value is -2.36. The molecule has 0 saturated heterocycles. The number of benzene rings is 1. The molecule has 0 unspecified atom stereocenters. The SMILES string of the molecule is COc1ccc(C(=O)N[C@H]2CCCc3ccccc32)cn1. The number of rotatable bonds is 3. The average Bonchev–Trinajstić information content (AvgIpc) is 2.55. The van der Waals surface area contributed by atoms with E-state index in [2.05, 4.69) is 28.5 Å². The fourth-order valence-electron chi connectivity index (χ4n) is 2.78. The molecule has 1 heterocycles. The highest BCUT2D eigenvalue weighted by molar-refractivity contribution is 5.94. The maximum Gasteiger partial charge on any atom is 0.253 e. The molecule has 1 N–H and O–H groups in total. The Morgan fingerprint density at radius 2 is 2.14 bits per heavy atom. The number of aryl methyl sites for hydroxylation is 1. The van der Waals surface area contributed by atoms with Gasteiger partial charge in [0.15, 0.2) is 0 Å². The number of ether oxygens (including phenoxy) is 1. The highest BCUT2D eigenvalue weighted by Gasteiger charge is 2.21. The number of fused-ring (bicyclic) bond motifs is 1. The molecule has 4 nitrogen and oxygen atoms in total. The molecule has 2 aromatic rings. The smallest absolute Gasteiger partial charge is 0.253 e. The van der Waals surface area contributed by atoms with Gasteiger partial charge in [0.05, 0.1) is 18.7 Å². The molecule has 3 rings (SSSR count). The Kier molecular flexibility index (Phi) is 3.86. The maximum atomic E-state index is 12.3. The fraction of sp³-hybridized carbons (Fsp3) is 0.294. The van der Waals surface area contributed by atoms with E-state index in [1.54, 1.807) is 25.4 Å². The number of amides is 1. The van der Waals surface area contributed by atoms with Gasteiger partial charge < -0.3 is 10.1 Å². The van der Waals surface area contributed by atoms with Crippen molar-refractivity contribution in [3.05, 3.63) is 59.3 Å². The topological polar surface area (TPSA) is 51.2 Å². The molecule has 108 valence electrons. The Balaban J connectivity index is 1.76. The van der Waals surface area contributed by atoms with Gasteiger partial charge in [-0.2, -0.15) is 0 Å². The summed E-state index contributed by atoms with van der Waals surface area (Å²) in [7, 11) is 1.56. The number of nitrogens with one attached hydrogen (secondary N) is 1. The van der Waals surface area contributed by atoms with E-state index >= 15 is 0 Å². The fourth-order valence-corrected chi connectivity index (χ4v) is 2.78. The van der Waals surface area contributed by atoms with Crippen LogP contribution in [-0.4, -0.2) is 18.0 Å². The van der Waals surface area contributed by atoms with Crippen molar-refractivity contribution in [2.75, 3.05) is 7.11 Å². The Labute approximate surface area is 124 Å². The van der Waals surface area contributed by atoms with Crippen LogP contribution in [0.4, 0.5) is 0 Å². The maximum absolute atomic E-state index is 12.3. The third-order valence-electron chi connectivity index (χ3n) is 3.88. The molecule has 0 spiro atoms.